The van der Waals surface area contributed by atoms with Gasteiger partial charge in [-0.15, -0.1) is 0 Å². The number of carboxylic acid groups (broad SMARTS) is 1. The monoisotopic (exact) mass is 239 g/mol. The molecule has 5 heteroatoms. The minimum absolute atomic E-state index is 0.00273. The van der Waals surface area contributed by atoms with E-state index in [1.165, 1.54) is 6.07 Å². The first-order valence-electron chi connectivity index (χ1n) is 5.38. The van der Waals surface area contributed by atoms with Crippen molar-refractivity contribution in [3.63, 3.8) is 0 Å². The maximum absolute atomic E-state index is 11.0. The summed E-state index contributed by atoms with van der Waals surface area (Å²) in [5.74, 6) is -0.826. The minimum atomic E-state index is -1.09. The number of nitrogens with two attached hydrogens (primary N) is 1. The number of benzene rings is 1. The SMILES string of the molecule is CC(C)OCCOc1cccc(N)c1C(=O)O. The number of ether oxygens (including phenoxy) is 2. The van der Waals surface area contributed by atoms with E-state index in [0.29, 0.717) is 13.2 Å². The van der Waals surface area contributed by atoms with Crippen molar-refractivity contribution in [2.24, 2.45) is 0 Å². The van der Waals surface area contributed by atoms with E-state index in [1.807, 2.05) is 13.8 Å². The van der Waals surface area contributed by atoms with Crippen LogP contribution in [0, 0.1) is 0 Å². The number of carbonyl (C=O) groups is 1. The Morgan fingerprint density at radius 1 is 1.41 bits per heavy atom. The van der Waals surface area contributed by atoms with Crippen LogP contribution in [0.1, 0.15) is 24.2 Å². The molecule has 0 spiro atoms. The third-order valence-corrected chi connectivity index (χ3v) is 2.06. The number of aromatic carboxylic acids is 1. The van der Waals surface area contributed by atoms with Gasteiger partial charge in [-0.1, -0.05) is 6.07 Å². The molecule has 94 valence electrons. The molecule has 0 atom stereocenters. The van der Waals surface area contributed by atoms with Gasteiger partial charge >= 0.3 is 5.97 Å². The van der Waals surface area contributed by atoms with E-state index in [2.05, 4.69) is 0 Å². The first-order chi connectivity index (χ1) is 8.02. The summed E-state index contributed by atoms with van der Waals surface area (Å²) in [7, 11) is 0. The number of nitrogen functional groups attached to an aromatic ring is 1. The van der Waals surface area contributed by atoms with Gasteiger partial charge in [0.1, 0.15) is 17.9 Å². The highest BCUT2D eigenvalue weighted by Gasteiger charge is 2.14. The lowest BCUT2D eigenvalue weighted by molar-refractivity contribution is 0.0539. The molecule has 0 aromatic heterocycles. The second-order valence-corrected chi connectivity index (χ2v) is 3.79. The summed E-state index contributed by atoms with van der Waals surface area (Å²) < 4.78 is 10.6. The van der Waals surface area contributed by atoms with E-state index in [1.54, 1.807) is 12.1 Å². The van der Waals surface area contributed by atoms with Gasteiger partial charge in [0.15, 0.2) is 0 Å². The van der Waals surface area contributed by atoms with E-state index in [0.717, 1.165) is 0 Å². The molecule has 0 radical (unpaired) electrons. The molecule has 1 aromatic carbocycles. The minimum Gasteiger partial charge on any atom is -0.490 e. The highest BCUT2D eigenvalue weighted by atomic mass is 16.5. The van der Waals surface area contributed by atoms with Crippen molar-refractivity contribution >= 4 is 11.7 Å². The smallest absolute Gasteiger partial charge is 0.341 e. The number of anilines is 1. The molecule has 0 amide bonds. The molecule has 0 aliphatic heterocycles. The molecule has 0 aliphatic rings. The second kappa shape index (κ2) is 6.10. The Morgan fingerprint density at radius 2 is 2.12 bits per heavy atom. The van der Waals surface area contributed by atoms with Crippen molar-refractivity contribution in [2.75, 3.05) is 18.9 Å². The fraction of sp³-hybridized carbons (Fsp3) is 0.417. The fourth-order valence-electron chi connectivity index (χ4n) is 1.33. The van der Waals surface area contributed by atoms with Crippen LogP contribution in [0.5, 0.6) is 5.75 Å². The van der Waals surface area contributed by atoms with Crippen LogP contribution < -0.4 is 10.5 Å². The molecule has 0 bridgehead atoms. The van der Waals surface area contributed by atoms with Crippen LogP contribution in [0.4, 0.5) is 5.69 Å². The summed E-state index contributed by atoms with van der Waals surface area (Å²) in [5.41, 5.74) is 5.77. The number of carboxylic acids is 1. The Kier molecular flexibility index (Phi) is 4.78. The standard InChI is InChI=1S/C12H17NO4/c1-8(2)16-6-7-17-10-5-3-4-9(13)11(10)12(14)15/h3-5,8H,6-7,13H2,1-2H3,(H,14,15). The van der Waals surface area contributed by atoms with Gasteiger partial charge in [0.25, 0.3) is 0 Å². The van der Waals surface area contributed by atoms with Crippen LogP contribution in [-0.2, 0) is 4.74 Å². The molecule has 1 rings (SSSR count). The average Bonchev–Trinajstić information content (AvgIpc) is 2.23. The van der Waals surface area contributed by atoms with Crippen LogP contribution >= 0.6 is 0 Å². The Hall–Kier alpha value is -1.75. The number of rotatable bonds is 6. The zero-order chi connectivity index (χ0) is 12.8. The molecule has 0 heterocycles. The maximum atomic E-state index is 11.0. The van der Waals surface area contributed by atoms with Crippen molar-refractivity contribution in [3.05, 3.63) is 23.8 Å². The topological polar surface area (TPSA) is 81.8 Å². The highest BCUT2D eigenvalue weighted by molar-refractivity contribution is 5.96. The Morgan fingerprint density at radius 3 is 2.71 bits per heavy atom. The largest absolute Gasteiger partial charge is 0.490 e. The zero-order valence-corrected chi connectivity index (χ0v) is 9.97. The van der Waals surface area contributed by atoms with E-state index in [9.17, 15) is 4.79 Å². The van der Waals surface area contributed by atoms with Gasteiger partial charge in [-0.2, -0.15) is 0 Å². The van der Waals surface area contributed by atoms with Gasteiger partial charge in [0.05, 0.1) is 12.7 Å². The molecule has 17 heavy (non-hydrogen) atoms. The summed E-state index contributed by atoms with van der Waals surface area (Å²) in [6.45, 7) is 4.54. The summed E-state index contributed by atoms with van der Waals surface area (Å²) in [6.07, 6.45) is 0.124. The summed E-state index contributed by atoms with van der Waals surface area (Å²) in [5, 5.41) is 9.00. The van der Waals surface area contributed by atoms with E-state index >= 15 is 0 Å². The Balaban J connectivity index is 2.64. The fourth-order valence-corrected chi connectivity index (χ4v) is 1.33. The van der Waals surface area contributed by atoms with E-state index in [4.69, 9.17) is 20.3 Å². The Labute approximate surface area is 100 Å². The van der Waals surface area contributed by atoms with Gasteiger partial charge < -0.3 is 20.3 Å². The van der Waals surface area contributed by atoms with Gasteiger partial charge in [0.2, 0.25) is 0 Å². The number of hydrogen-bond donors (Lipinski definition) is 2. The first kappa shape index (κ1) is 13.3. The van der Waals surface area contributed by atoms with E-state index in [-0.39, 0.29) is 23.1 Å². The molecule has 5 nitrogen and oxygen atoms in total. The van der Waals surface area contributed by atoms with Crippen LogP contribution in [0.25, 0.3) is 0 Å². The van der Waals surface area contributed by atoms with E-state index < -0.39 is 5.97 Å². The lowest BCUT2D eigenvalue weighted by Gasteiger charge is -2.12. The third-order valence-electron chi connectivity index (χ3n) is 2.06. The molecule has 0 unspecified atom stereocenters. The van der Waals surface area contributed by atoms with Crippen molar-refractivity contribution in [2.45, 2.75) is 20.0 Å². The highest BCUT2D eigenvalue weighted by Crippen LogP contribution is 2.24. The van der Waals surface area contributed by atoms with Crippen LogP contribution in [0.2, 0.25) is 0 Å². The quantitative estimate of drug-likeness (QED) is 0.584. The molecule has 0 aliphatic carbocycles. The predicted octanol–water partition coefficient (Wildman–Crippen LogP) is 1.77. The van der Waals surface area contributed by atoms with Gasteiger partial charge in [-0.3, -0.25) is 0 Å². The Bertz CT molecular complexity index is 390. The summed E-state index contributed by atoms with van der Waals surface area (Å²) >= 11 is 0. The lowest BCUT2D eigenvalue weighted by atomic mass is 10.1. The molecule has 0 saturated carbocycles. The summed E-state index contributed by atoms with van der Waals surface area (Å²) in [6, 6.07) is 4.76. The second-order valence-electron chi connectivity index (χ2n) is 3.79. The normalized spacial score (nSPS) is 10.5. The molecule has 3 N–H and O–H groups in total. The molecule has 1 aromatic rings. The van der Waals surface area contributed by atoms with Crippen molar-refractivity contribution in [1.82, 2.24) is 0 Å². The van der Waals surface area contributed by atoms with Gasteiger partial charge in [-0.25, -0.2) is 4.79 Å². The lowest BCUT2D eigenvalue weighted by Crippen LogP contribution is -2.13. The van der Waals surface area contributed by atoms with Crippen molar-refractivity contribution in [1.29, 1.82) is 0 Å². The van der Waals surface area contributed by atoms with Crippen molar-refractivity contribution < 1.29 is 19.4 Å². The van der Waals surface area contributed by atoms with Gasteiger partial charge in [-0.05, 0) is 26.0 Å². The van der Waals surface area contributed by atoms with Crippen LogP contribution in [0.15, 0.2) is 18.2 Å². The van der Waals surface area contributed by atoms with Gasteiger partial charge in [0, 0.05) is 5.69 Å². The van der Waals surface area contributed by atoms with Crippen molar-refractivity contribution in [3.8, 4) is 5.75 Å². The zero-order valence-electron chi connectivity index (χ0n) is 9.97. The average molecular weight is 239 g/mol. The molecule has 0 saturated heterocycles. The molecular weight excluding hydrogens is 222 g/mol. The third kappa shape index (κ3) is 3.96. The summed E-state index contributed by atoms with van der Waals surface area (Å²) in [4.78, 5) is 11.0. The predicted molar refractivity (Wildman–Crippen MR) is 64.4 cm³/mol. The molecular formula is C12H17NO4. The first-order valence-corrected chi connectivity index (χ1v) is 5.38. The van der Waals surface area contributed by atoms with Crippen LogP contribution in [-0.4, -0.2) is 30.4 Å². The van der Waals surface area contributed by atoms with Crippen LogP contribution in [0.3, 0.4) is 0 Å². The maximum Gasteiger partial charge on any atom is 0.341 e. The molecule has 0 fully saturated rings. The number of hydrogen-bond acceptors (Lipinski definition) is 4.